The molecule has 3 aromatic rings. The van der Waals surface area contributed by atoms with Gasteiger partial charge < -0.3 is 15.6 Å². The Labute approximate surface area is 138 Å². The number of hydrogen-bond acceptors (Lipinski definition) is 5. The number of aliphatic hydroxyl groups excluding tert-OH is 1. The minimum absolute atomic E-state index is 0.0622. The molecular formula is C17H18N4O3. The van der Waals surface area contributed by atoms with Crippen molar-refractivity contribution in [1.29, 1.82) is 0 Å². The van der Waals surface area contributed by atoms with Crippen molar-refractivity contribution in [1.82, 2.24) is 14.6 Å². The lowest BCUT2D eigenvalue weighted by Crippen LogP contribution is -2.15. The molecule has 0 aliphatic rings. The molecule has 0 aliphatic heterocycles. The normalized spacial score (nSPS) is 12.2. The van der Waals surface area contributed by atoms with Crippen LogP contribution in [0.3, 0.4) is 0 Å². The van der Waals surface area contributed by atoms with Crippen LogP contribution in [0.4, 0.5) is 0 Å². The SMILES string of the molecule is C[C@H](CO)COc1cccc(-c2ccc3ncc(C(N)=O)n3n2)c1. The Hall–Kier alpha value is -2.93. The predicted octanol–water partition coefficient (Wildman–Crippen LogP) is 1.50. The molecule has 0 fully saturated rings. The molecule has 1 atom stereocenters. The maximum atomic E-state index is 11.4. The first-order valence-electron chi connectivity index (χ1n) is 7.57. The van der Waals surface area contributed by atoms with Crippen LogP contribution >= 0.6 is 0 Å². The van der Waals surface area contributed by atoms with Gasteiger partial charge in [-0.05, 0) is 24.3 Å². The summed E-state index contributed by atoms with van der Waals surface area (Å²) in [6.45, 7) is 2.41. The smallest absolute Gasteiger partial charge is 0.269 e. The van der Waals surface area contributed by atoms with Crippen LogP contribution in [0.2, 0.25) is 0 Å². The highest BCUT2D eigenvalue weighted by atomic mass is 16.5. The number of nitrogens with two attached hydrogens (primary N) is 1. The Morgan fingerprint density at radius 1 is 1.38 bits per heavy atom. The second-order valence-corrected chi connectivity index (χ2v) is 5.62. The second kappa shape index (κ2) is 6.67. The molecule has 7 heteroatoms. The third-order valence-corrected chi connectivity index (χ3v) is 3.59. The van der Waals surface area contributed by atoms with E-state index in [1.54, 1.807) is 6.07 Å². The summed E-state index contributed by atoms with van der Waals surface area (Å²) in [5.41, 5.74) is 7.64. The summed E-state index contributed by atoms with van der Waals surface area (Å²) in [6, 6.07) is 11.1. The van der Waals surface area contributed by atoms with Gasteiger partial charge in [0.2, 0.25) is 0 Å². The topological polar surface area (TPSA) is 103 Å². The number of imidazole rings is 1. The van der Waals surface area contributed by atoms with E-state index in [4.69, 9.17) is 15.6 Å². The predicted molar refractivity (Wildman–Crippen MR) is 88.7 cm³/mol. The average molecular weight is 326 g/mol. The maximum absolute atomic E-state index is 11.4. The van der Waals surface area contributed by atoms with Gasteiger partial charge in [0, 0.05) is 18.1 Å². The average Bonchev–Trinajstić information content (AvgIpc) is 3.03. The molecule has 0 unspecified atom stereocenters. The number of amides is 1. The fourth-order valence-electron chi connectivity index (χ4n) is 2.23. The van der Waals surface area contributed by atoms with Gasteiger partial charge in [0.15, 0.2) is 5.65 Å². The monoisotopic (exact) mass is 326 g/mol. The maximum Gasteiger partial charge on any atom is 0.269 e. The van der Waals surface area contributed by atoms with E-state index in [0.29, 0.717) is 23.7 Å². The van der Waals surface area contributed by atoms with Crippen molar-refractivity contribution in [3.8, 4) is 17.0 Å². The summed E-state index contributed by atoms with van der Waals surface area (Å²) in [7, 11) is 0. The molecule has 0 spiro atoms. The molecule has 124 valence electrons. The molecule has 0 saturated heterocycles. The zero-order valence-electron chi connectivity index (χ0n) is 13.2. The van der Waals surface area contributed by atoms with Gasteiger partial charge >= 0.3 is 0 Å². The number of benzene rings is 1. The van der Waals surface area contributed by atoms with E-state index in [1.165, 1.54) is 10.7 Å². The molecule has 7 nitrogen and oxygen atoms in total. The number of carbonyl (C=O) groups is 1. The fraction of sp³-hybridized carbons (Fsp3) is 0.235. The zero-order chi connectivity index (χ0) is 17.1. The first-order valence-corrected chi connectivity index (χ1v) is 7.57. The van der Waals surface area contributed by atoms with Crippen molar-refractivity contribution >= 4 is 11.6 Å². The van der Waals surface area contributed by atoms with Gasteiger partial charge in [0.1, 0.15) is 11.4 Å². The molecule has 1 aromatic carbocycles. The van der Waals surface area contributed by atoms with Crippen LogP contribution in [0.1, 0.15) is 17.4 Å². The highest BCUT2D eigenvalue weighted by Gasteiger charge is 2.11. The van der Waals surface area contributed by atoms with E-state index < -0.39 is 5.91 Å². The van der Waals surface area contributed by atoms with Crippen LogP contribution < -0.4 is 10.5 Å². The lowest BCUT2D eigenvalue weighted by molar-refractivity contribution is 0.0993. The van der Waals surface area contributed by atoms with Crippen molar-refractivity contribution in [2.45, 2.75) is 6.92 Å². The molecular weight excluding hydrogens is 308 g/mol. The Morgan fingerprint density at radius 3 is 2.96 bits per heavy atom. The summed E-state index contributed by atoms with van der Waals surface area (Å²) in [4.78, 5) is 15.5. The van der Waals surface area contributed by atoms with Crippen LogP contribution in [0, 0.1) is 5.92 Å². The third-order valence-electron chi connectivity index (χ3n) is 3.59. The highest BCUT2D eigenvalue weighted by molar-refractivity contribution is 5.91. The minimum atomic E-state index is -0.581. The van der Waals surface area contributed by atoms with E-state index in [-0.39, 0.29) is 18.2 Å². The van der Waals surface area contributed by atoms with E-state index >= 15 is 0 Å². The van der Waals surface area contributed by atoms with E-state index in [2.05, 4.69) is 10.1 Å². The lowest BCUT2D eigenvalue weighted by atomic mass is 10.1. The van der Waals surface area contributed by atoms with Crippen molar-refractivity contribution < 1.29 is 14.6 Å². The number of aliphatic hydroxyl groups is 1. The lowest BCUT2D eigenvalue weighted by Gasteiger charge is -2.11. The number of nitrogens with zero attached hydrogens (tertiary/aromatic N) is 3. The summed E-state index contributed by atoms with van der Waals surface area (Å²) >= 11 is 0. The Kier molecular flexibility index (Phi) is 4.43. The molecule has 0 saturated carbocycles. The first kappa shape index (κ1) is 15.9. The number of carbonyl (C=O) groups excluding carboxylic acids is 1. The molecule has 1 amide bonds. The Balaban J connectivity index is 1.92. The van der Waals surface area contributed by atoms with Gasteiger partial charge in [-0.2, -0.15) is 5.10 Å². The fourth-order valence-corrected chi connectivity index (χ4v) is 2.23. The molecule has 2 aromatic heterocycles. The van der Waals surface area contributed by atoms with E-state index in [9.17, 15) is 4.79 Å². The second-order valence-electron chi connectivity index (χ2n) is 5.62. The number of rotatable bonds is 6. The van der Waals surface area contributed by atoms with Gasteiger partial charge in [0.25, 0.3) is 5.91 Å². The molecule has 3 N–H and O–H groups in total. The molecule has 0 aliphatic carbocycles. The molecule has 3 rings (SSSR count). The third kappa shape index (κ3) is 3.21. The van der Waals surface area contributed by atoms with Crippen molar-refractivity contribution in [2.75, 3.05) is 13.2 Å². The summed E-state index contributed by atoms with van der Waals surface area (Å²) < 4.78 is 7.10. The standard InChI is InChI=1S/C17H18N4O3/c1-11(9-22)10-24-13-4-2-3-12(7-13)14-5-6-16-19-8-15(17(18)23)21(16)20-14/h2-8,11,22H,9-10H2,1H3,(H2,18,23)/t11-/m1/s1. The zero-order valence-corrected chi connectivity index (χ0v) is 13.2. The number of fused-ring (bicyclic) bond motifs is 1. The van der Waals surface area contributed by atoms with Crippen LogP contribution in [0.25, 0.3) is 16.9 Å². The van der Waals surface area contributed by atoms with E-state index in [1.807, 2.05) is 37.3 Å². The Bertz CT molecular complexity index is 875. The van der Waals surface area contributed by atoms with Gasteiger partial charge in [-0.1, -0.05) is 19.1 Å². The Morgan fingerprint density at radius 2 is 2.21 bits per heavy atom. The number of hydrogen-bond donors (Lipinski definition) is 2. The van der Waals surface area contributed by atoms with E-state index in [0.717, 1.165) is 5.56 Å². The summed E-state index contributed by atoms with van der Waals surface area (Å²) in [5.74, 6) is 0.171. The summed E-state index contributed by atoms with van der Waals surface area (Å²) in [5, 5.41) is 13.5. The number of primary amides is 1. The van der Waals surface area contributed by atoms with Crippen molar-refractivity contribution in [3.63, 3.8) is 0 Å². The van der Waals surface area contributed by atoms with Crippen LogP contribution in [-0.2, 0) is 0 Å². The molecule has 24 heavy (non-hydrogen) atoms. The largest absolute Gasteiger partial charge is 0.493 e. The van der Waals surface area contributed by atoms with Crippen molar-refractivity contribution in [3.05, 3.63) is 48.3 Å². The van der Waals surface area contributed by atoms with Gasteiger partial charge in [-0.3, -0.25) is 4.79 Å². The number of aromatic nitrogens is 3. The quantitative estimate of drug-likeness (QED) is 0.714. The molecule has 2 heterocycles. The van der Waals surface area contributed by atoms with Gasteiger partial charge in [0.05, 0.1) is 18.5 Å². The number of ether oxygens (including phenoxy) is 1. The summed E-state index contributed by atoms with van der Waals surface area (Å²) in [6.07, 6.45) is 1.41. The molecule has 0 bridgehead atoms. The molecule has 0 radical (unpaired) electrons. The van der Waals surface area contributed by atoms with Gasteiger partial charge in [-0.25, -0.2) is 9.50 Å². The van der Waals surface area contributed by atoms with Gasteiger partial charge in [-0.15, -0.1) is 0 Å². The van der Waals surface area contributed by atoms with Crippen LogP contribution in [0.5, 0.6) is 5.75 Å². The highest BCUT2D eigenvalue weighted by Crippen LogP contribution is 2.23. The first-order chi connectivity index (χ1) is 11.6. The van der Waals surface area contributed by atoms with Crippen LogP contribution in [-0.4, -0.2) is 38.8 Å². The van der Waals surface area contributed by atoms with Crippen LogP contribution in [0.15, 0.2) is 42.6 Å². The van der Waals surface area contributed by atoms with Crippen molar-refractivity contribution in [2.24, 2.45) is 11.7 Å². The minimum Gasteiger partial charge on any atom is -0.493 e.